The van der Waals surface area contributed by atoms with Crippen molar-refractivity contribution in [3.05, 3.63) is 24.2 Å². The number of methoxy groups -OCH3 is 1. The number of ether oxygens (including phenoxy) is 1. The van der Waals surface area contributed by atoms with Crippen LogP contribution in [0.2, 0.25) is 0 Å². The third-order valence-corrected chi connectivity index (χ3v) is 2.96. The predicted molar refractivity (Wildman–Crippen MR) is 71.3 cm³/mol. The normalized spacial score (nSPS) is 13.4. The van der Waals surface area contributed by atoms with E-state index < -0.39 is 0 Å². The fraction of sp³-hybridized carbons (Fsp3) is 0.538. The molecule has 1 unspecified atom stereocenters. The zero-order chi connectivity index (χ0) is 13.1. The molecule has 0 saturated heterocycles. The third-order valence-electron chi connectivity index (χ3n) is 2.96. The Kier molecular flexibility index (Phi) is 3.93. The second-order valence-corrected chi connectivity index (χ2v) is 4.67. The summed E-state index contributed by atoms with van der Waals surface area (Å²) in [7, 11) is 1.68. The molecule has 5 heteroatoms. The van der Waals surface area contributed by atoms with Gasteiger partial charge in [-0.2, -0.15) is 0 Å². The zero-order valence-electron chi connectivity index (χ0n) is 11.1. The van der Waals surface area contributed by atoms with Crippen molar-refractivity contribution in [3.8, 4) is 0 Å². The summed E-state index contributed by atoms with van der Waals surface area (Å²) in [5, 5.41) is 0. The molecule has 0 aliphatic carbocycles. The summed E-state index contributed by atoms with van der Waals surface area (Å²) in [6, 6.07) is 4.02. The molecule has 2 heterocycles. The van der Waals surface area contributed by atoms with E-state index in [1.54, 1.807) is 13.3 Å². The maximum atomic E-state index is 6.19. The maximum absolute atomic E-state index is 6.19. The van der Waals surface area contributed by atoms with Crippen LogP contribution in [-0.2, 0) is 4.74 Å². The van der Waals surface area contributed by atoms with Crippen LogP contribution in [0.15, 0.2) is 18.3 Å². The molecular formula is C13H20N4O. The summed E-state index contributed by atoms with van der Waals surface area (Å²) < 4.78 is 7.18. The van der Waals surface area contributed by atoms with E-state index in [1.165, 1.54) is 0 Å². The van der Waals surface area contributed by atoms with Gasteiger partial charge >= 0.3 is 0 Å². The largest absolute Gasteiger partial charge is 0.385 e. The Balaban J connectivity index is 2.45. The van der Waals surface area contributed by atoms with Gasteiger partial charge in [-0.15, -0.1) is 0 Å². The number of pyridine rings is 1. The van der Waals surface area contributed by atoms with Crippen molar-refractivity contribution in [2.45, 2.75) is 32.4 Å². The van der Waals surface area contributed by atoms with E-state index in [4.69, 9.17) is 10.5 Å². The number of hydrogen-bond donors (Lipinski definition) is 1. The number of imidazole rings is 1. The van der Waals surface area contributed by atoms with Gasteiger partial charge in [0, 0.05) is 26.0 Å². The van der Waals surface area contributed by atoms with Crippen molar-refractivity contribution in [2.24, 2.45) is 5.73 Å². The van der Waals surface area contributed by atoms with E-state index in [2.05, 4.69) is 28.4 Å². The molecule has 0 aliphatic rings. The van der Waals surface area contributed by atoms with Crippen LogP contribution in [0.1, 0.15) is 38.2 Å². The number of fused-ring (bicyclic) bond motifs is 1. The predicted octanol–water partition coefficient (Wildman–Crippen LogP) is 2.05. The minimum absolute atomic E-state index is 0.124. The summed E-state index contributed by atoms with van der Waals surface area (Å²) in [6.45, 7) is 4.86. The van der Waals surface area contributed by atoms with E-state index in [0.29, 0.717) is 6.61 Å². The van der Waals surface area contributed by atoms with Crippen LogP contribution in [0.4, 0.5) is 0 Å². The lowest BCUT2D eigenvalue weighted by atomic mass is 10.2. The Morgan fingerprint density at radius 2 is 2.22 bits per heavy atom. The maximum Gasteiger partial charge on any atom is 0.160 e. The van der Waals surface area contributed by atoms with Gasteiger partial charge in [0.05, 0.1) is 6.04 Å². The quantitative estimate of drug-likeness (QED) is 0.879. The molecule has 1 atom stereocenters. The molecule has 0 spiro atoms. The first-order valence-electron chi connectivity index (χ1n) is 6.22. The summed E-state index contributed by atoms with van der Waals surface area (Å²) in [5.74, 6) is 0.885. The molecule has 2 aromatic rings. The van der Waals surface area contributed by atoms with E-state index >= 15 is 0 Å². The molecule has 2 N–H and O–H groups in total. The van der Waals surface area contributed by atoms with Gasteiger partial charge in [-0.25, -0.2) is 9.97 Å². The molecule has 0 fully saturated rings. The minimum atomic E-state index is -0.124. The Bertz CT molecular complexity index is 521. The van der Waals surface area contributed by atoms with Crippen LogP contribution in [0.3, 0.4) is 0 Å². The highest BCUT2D eigenvalue weighted by Crippen LogP contribution is 2.23. The SMILES string of the molecule is COCCC(N)c1nc2cccnc2n1C(C)C. The molecule has 5 nitrogen and oxygen atoms in total. The lowest BCUT2D eigenvalue weighted by molar-refractivity contribution is 0.186. The summed E-state index contributed by atoms with van der Waals surface area (Å²) in [6.07, 6.45) is 2.54. The molecule has 2 aromatic heterocycles. The third kappa shape index (κ3) is 2.37. The molecule has 2 rings (SSSR count). The van der Waals surface area contributed by atoms with Crippen LogP contribution in [0.5, 0.6) is 0 Å². The molecular weight excluding hydrogens is 228 g/mol. The van der Waals surface area contributed by atoms with Crippen molar-refractivity contribution in [1.29, 1.82) is 0 Å². The van der Waals surface area contributed by atoms with E-state index in [1.807, 2.05) is 12.1 Å². The number of rotatable bonds is 5. The first-order valence-corrected chi connectivity index (χ1v) is 6.22. The second-order valence-electron chi connectivity index (χ2n) is 4.67. The molecule has 0 aliphatic heterocycles. The molecule has 0 radical (unpaired) electrons. The topological polar surface area (TPSA) is 66.0 Å². The van der Waals surface area contributed by atoms with Crippen LogP contribution >= 0.6 is 0 Å². The van der Waals surface area contributed by atoms with Gasteiger partial charge in [0.15, 0.2) is 5.65 Å². The Labute approximate surface area is 107 Å². The van der Waals surface area contributed by atoms with Crippen molar-refractivity contribution in [1.82, 2.24) is 14.5 Å². The van der Waals surface area contributed by atoms with Crippen LogP contribution in [0, 0.1) is 0 Å². The van der Waals surface area contributed by atoms with E-state index in [9.17, 15) is 0 Å². The van der Waals surface area contributed by atoms with Crippen molar-refractivity contribution >= 4 is 11.2 Å². The van der Waals surface area contributed by atoms with E-state index in [-0.39, 0.29) is 12.1 Å². The number of aromatic nitrogens is 3. The molecule has 98 valence electrons. The van der Waals surface area contributed by atoms with E-state index in [0.717, 1.165) is 23.4 Å². The fourth-order valence-corrected chi connectivity index (χ4v) is 2.09. The Morgan fingerprint density at radius 1 is 1.44 bits per heavy atom. The molecule has 0 saturated carbocycles. The van der Waals surface area contributed by atoms with Gasteiger partial charge in [-0.3, -0.25) is 0 Å². The standard InChI is InChI=1S/C13H20N4O/c1-9(2)17-12(10(14)6-8-18-3)16-11-5-4-7-15-13(11)17/h4-5,7,9-10H,6,8,14H2,1-3H3. The van der Waals surface area contributed by atoms with Crippen LogP contribution < -0.4 is 5.73 Å². The molecule has 0 aromatic carbocycles. The van der Waals surface area contributed by atoms with Gasteiger partial charge in [0.1, 0.15) is 11.3 Å². The number of hydrogen-bond acceptors (Lipinski definition) is 4. The smallest absolute Gasteiger partial charge is 0.160 e. The molecule has 18 heavy (non-hydrogen) atoms. The highest BCUT2D eigenvalue weighted by atomic mass is 16.5. The molecule has 0 amide bonds. The highest BCUT2D eigenvalue weighted by molar-refractivity contribution is 5.71. The fourth-order valence-electron chi connectivity index (χ4n) is 2.09. The van der Waals surface area contributed by atoms with Crippen molar-refractivity contribution in [2.75, 3.05) is 13.7 Å². The highest BCUT2D eigenvalue weighted by Gasteiger charge is 2.19. The number of nitrogens with two attached hydrogens (primary N) is 1. The van der Waals surface area contributed by atoms with Crippen LogP contribution in [0.25, 0.3) is 11.2 Å². The lowest BCUT2D eigenvalue weighted by Crippen LogP contribution is -2.19. The van der Waals surface area contributed by atoms with Gasteiger partial charge in [0.25, 0.3) is 0 Å². The summed E-state index contributed by atoms with van der Waals surface area (Å²) in [5.41, 5.74) is 7.99. The Morgan fingerprint density at radius 3 is 2.89 bits per heavy atom. The zero-order valence-corrected chi connectivity index (χ0v) is 11.1. The van der Waals surface area contributed by atoms with Gasteiger partial charge in [0.2, 0.25) is 0 Å². The first kappa shape index (κ1) is 13.0. The first-order chi connectivity index (χ1) is 8.65. The van der Waals surface area contributed by atoms with Gasteiger partial charge in [-0.1, -0.05) is 0 Å². The van der Waals surface area contributed by atoms with Crippen molar-refractivity contribution in [3.63, 3.8) is 0 Å². The lowest BCUT2D eigenvalue weighted by Gasteiger charge is -2.16. The number of nitrogens with zero attached hydrogens (tertiary/aromatic N) is 3. The van der Waals surface area contributed by atoms with Gasteiger partial charge in [-0.05, 0) is 32.4 Å². The Hall–Kier alpha value is -1.46. The average Bonchev–Trinajstić information content (AvgIpc) is 2.75. The molecule has 0 bridgehead atoms. The average molecular weight is 248 g/mol. The second kappa shape index (κ2) is 5.46. The minimum Gasteiger partial charge on any atom is -0.385 e. The van der Waals surface area contributed by atoms with Crippen molar-refractivity contribution < 1.29 is 4.74 Å². The summed E-state index contributed by atoms with van der Waals surface area (Å²) >= 11 is 0. The van der Waals surface area contributed by atoms with Crippen LogP contribution in [-0.4, -0.2) is 28.3 Å². The monoisotopic (exact) mass is 248 g/mol. The van der Waals surface area contributed by atoms with Gasteiger partial charge < -0.3 is 15.0 Å². The summed E-state index contributed by atoms with van der Waals surface area (Å²) in [4.78, 5) is 9.01.